The molecule has 0 unspecified atom stereocenters. The fourth-order valence-electron chi connectivity index (χ4n) is 1.01. The third kappa shape index (κ3) is 5.09. The topological polar surface area (TPSA) is 0 Å². The Balaban J connectivity index is 0. The summed E-state index contributed by atoms with van der Waals surface area (Å²) in [6, 6.07) is 0. The first-order valence-electron chi connectivity index (χ1n) is 3.62. The molecule has 0 aliphatic carbocycles. The lowest BCUT2D eigenvalue weighted by molar-refractivity contribution is 0.719. The first-order valence-corrected chi connectivity index (χ1v) is 5.86. The smallest absolute Gasteiger partial charge is 0.00126 e. The highest BCUT2D eigenvalue weighted by Crippen LogP contribution is 2.62. The van der Waals surface area contributed by atoms with E-state index in [1.54, 1.807) is 0 Å². The van der Waals surface area contributed by atoms with Crippen LogP contribution in [0.2, 0.25) is 0 Å². The summed E-state index contributed by atoms with van der Waals surface area (Å²) in [4.78, 5) is 0. The second kappa shape index (κ2) is 4.14. The van der Waals surface area contributed by atoms with E-state index >= 15 is 0 Å². The standard InChI is InChI=1S/C8H18ClP.B/c1-7(2,3)10(9)8(4,5)6;/h1-6H3;. The third-order valence-electron chi connectivity index (χ3n) is 1.18. The molecule has 0 heterocycles. The lowest BCUT2D eigenvalue weighted by atomic mass is 10.2. The molecule has 0 atom stereocenters. The Labute approximate surface area is 79.2 Å². The zero-order valence-corrected chi connectivity index (χ0v) is 10.1. The Morgan fingerprint density at radius 1 is 0.818 bits per heavy atom. The highest BCUT2D eigenvalue weighted by atomic mass is 35.7. The van der Waals surface area contributed by atoms with Gasteiger partial charge in [-0.05, 0) is 10.3 Å². The summed E-state index contributed by atoms with van der Waals surface area (Å²) in [6.07, 6.45) is 0. The highest BCUT2D eigenvalue weighted by molar-refractivity contribution is 7.86. The first-order chi connectivity index (χ1) is 4.15. The number of halogens is 1. The molecular weight excluding hydrogens is 173 g/mol. The van der Waals surface area contributed by atoms with Crippen LogP contribution in [-0.2, 0) is 0 Å². The molecule has 0 aliphatic rings. The molecule has 0 amide bonds. The van der Waals surface area contributed by atoms with Crippen LogP contribution in [-0.4, -0.2) is 18.7 Å². The van der Waals surface area contributed by atoms with Gasteiger partial charge >= 0.3 is 0 Å². The predicted octanol–water partition coefficient (Wildman–Crippen LogP) is 3.84. The van der Waals surface area contributed by atoms with Crippen LogP contribution < -0.4 is 0 Å². The zero-order valence-electron chi connectivity index (χ0n) is 8.40. The Kier molecular flexibility index (Phi) is 5.39. The van der Waals surface area contributed by atoms with Crippen LogP contribution in [0.3, 0.4) is 0 Å². The van der Waals surface area contributed by atoms with Gasteiger partial charge in [0.25, 0.3) is 0 Å². The number of hydrogen-bond acceptors (Lipinski definition) is 0. The van der Waals surface area contributed by atoms with Crippen molar-refractivity contribution in [3.63, 3.8) is 0 Å². The van der Waals surface area contributed by atoms with E-state index in [1.807, 2.05) is 0 Å². The largest absolute Gasteiger partial charge is 0.0953 e. The Morgan fingerprint density at radius 2 is 1.00 bits per heavy atom. The van der Waals surface area contributed by atoms with Crippen molar-refractivity contribution < 1.29 is 0 Å². The van der Waals surface area contributed by atoms with E-state index < -0.39 is 7.27 Å². The van der Waals surface area contributed by atoms with E-state index in [-0.39, 0.29) is 18.7 Å². The molecule has 0 fully saturated rings. The molecule has 0 aromatic heterocycles. The summed E-state index contributed by atoms with van der Waals surface area (Å²) >= 11 is 6.30. The van der Waals surface area contributed by atoms with E-state index in [1.165, 1.54) is 0 Å². The average Bonchev–Trinajstić information content (AvgIpc) is 1.59. The van der Waals surface area contributed by atoms with Gasteiger partial charge in [-0.25, -0.2) is 0 Å². The molecule has 0 aromatic rings. The molecule has 11 heavy (non-hydrogen) atoms. The molecule has 3 radical (unpaired) electrons. The fourth-order valence-corrected chi connectivity index (χ4v) is 3.02. The van der Waals surface area contributed by atoms with Gasteiger partial charge in [0.15, 0.2) is 0 Å². The minimum absolute atomic E-state index is 0. The zero-order chi connectivity index (χ0) is 8.58. The van der Waals surface area contributed by atoms with Gasteiger partial charge in [0.2, 0.25) is 0 Å². The summed E-state index contributed by atoms with van der Waals surface area (Å²) in [5.41, 5.74) is 0. The molecule has 0 nitrogen and oxygen atoms in total. The molecule has 0 bridgehead atoms. The van der Waals surface area contributed by atoms with E-state index in [0.29, 0.717) is 0 Å². The van der Waals surface area contributed by atoms with Crippen molar-refractivity contribution in [1.82, 2.24) is 0 Å². The van der Waals surface area contributed by atoms with Crippen molar-refractivity contribution in [3.8, 4) is 0 Å². The van der Waals surface area contributed by atoms with Crippen LogP contribution in [0, 0.1) is 0 Å². The third-order valence-corrected chi connectivity index (χ3v) is 6.58. The summed E-state index contributed by atoms with van der Waals surface area (Å²) in [5, 5.41) is 0.546. The Bertz CT molecular complexity index is 98.2. The molecular formula is C8H18BClP. The maximum Gasteiger partial charge on any atom is 0.00126 e. The van der Waals surface area contributed by atoms with Crippen LogP contribution in [0.5, 0.6) is 0 Å². The number of hydrogen-bond donors (Lipinski definition) is 0. The van der Waals surface area contributed by atoms with Crippen molar-refractivity contribution in [1.29, 1.82) is 0 Å². The van der Waals surface area contributed by atoms with Gasteiger partial charge in [0.05, 0.1) is 0 Å². The Morgan fingerprint density at radius 3 is 1.00 bits per heavy atom. The SMILES string of the molecule is CC(C)(C)P(Cl)C(C)(C)C.[B]. The van der Waals surface area contributed by atoms with Gasteiger partial charge in [-0.1, -0.05) is 52.8 Å². The maximum absolute atomic E-state index is 6.30. The molecule has 0 aromatic carbocycles. The van der Waals surface area contributed by atoms with E-state index in [9.17, 15) is 0 Å². The lowest BCUT2D eigenvalue weighted by Crippen LogP contribution is -2.21. The minimum Gasteiger partial charge on any atom is -0.0953 e. The molecule has 3 heteroatoms. The van der Waals surface area contributed by atoms with Crippen LogP contribution >= 0.6 is 18.5 Å². The predicted molar refractivity (Wildman–Crippen MR) is 58.0 cm³/mol. The molecule has 0 aliphatic heterocycles. The molecule has 0 saturated carbocycles. The van der Waals surface area contributed by atoms with Crippen molar-refractivity contribution in [2.75, 3.05) is 0 Å². The molecule has 0 saturated heterocycles. The monoisotopic (exact) mass is 191 g/mol. The summed E-state index contributed by atoms with van der Waals surface area (Å²) in [6.45, 7) is 13.2. The van der Waals surface area contributed by atoms with Crippen molar-refractivity contribution in [2.45, 2.75) is 51.9 Å². The van der Waals surface area contributed by atoms with Crippen molar-refractivity contribution in [2.24, 2.45) is 0 Å². The van der Waals surface area contributed by atoms with Gasteiger partial charge in [0, 0.05) is 15.7 Å². The first kappa shape index (κ1) is 14.3. The fraction of sp³-hybridized carbons (Fsp3) is 1.00. The van der Waals surface area contributed by atoms with Crippen LogP contribution in [0.1, 0.15) is 41.5 Å². The van der Waals surface area contributed by atoms with E-state index in [4.69, 9.17) is 11.2 Å². The molecule has 0 rings (SSSR count). The van der Waals surface area contributed by atoms with Crippen LogP contribution in [0.4, 0.5) is 0 Å². The second-order valence-electron chi connectivity index (χ2n) is 4.62. The lowest BCUT2D eigenvalue weighted by Gasteiger charge is -2.35. The summed E-state index contributed by atoms with van der Waals surface area (Å²) in [5.74, 6) is 0. The van der Waals surface area contributed by atoms with E-state index in [2.05, 4.69) is 41.5 Å². The van der Waals surface area contributed by atoms with Gasteiger partial charge < -0.3 is 0 Å². The minimum atomic E-state index is -0.390. The maximum atomic E-state index is 6.30. The normalized spacial score (nSPS) is 13.1. The summed E-state index contributed by atoms with van der Waals surface area (Å²) in [7, 11) is -0.390. The van der Waals surface area contributed by atoms with Gasteiger partial charge in [-0.15, -0.1) is 0 Å². The van der Waals surface area contributed by atoms with Crippen molar-refractivity contribution >= 4 is 26.9 Å². The van der Waals surface area contributed by atoms with Crippen LogP contribution in [0.15, 0.2) is 0 Å². The van der Waals surface area contributed by atoms with E-state index in [0.717, 1.165) is 0 Å². The van der Waals surface area contributed by atoms with Gasteiger partial charge in [0.1, 0.15) is 0 Å². The van der Waals surface area contributed by atoms with Crippen LogP contribution in [0.25, 0.3) is 0 Å². The van der Waals surface area contributed by atoms with Gasteiger partial charge in [-0.3, -0.25) is 0 Å². The Hall–Kier alpha value is 0.785. The average molecular weight is 191 g/mol. The van der Waals surface area contributed by atoms with Crippen molar-refractivity contribution in [3.05, 3.63) is 0 Å². The number of rotatable bonds is 0. The summed E-state index contributed by atoms with van der Waals surface area (Å²) < 4.78 is 0. The second-order valence-corrected chi connectivity index (χ2v) is 8.88. The quantitative estimate of drug-likeness (QED) is 0.403. The molecule has 65 valence electrons. The van der Waals surface area contributed by atoms with Gasteiger partial charge in [-0.2, -0.15) is 0 Å². The molecule has 0 spiro atoms. The molecule has 0 N–H and O–H groups in total. The highest BCUT2D eigenvalue weighted by Gasteiger charge is 2.32.